The molecule has 2 heterocycles. The van der Waals surface area contributed by atoms with Gasteiger partial charge in [0.25, 0.3) is 5.91 Å². The van der Waals surface area contributed by atoms with Gasteiger partial charge < -0.3 is 10.0 Å². The van der Waals surface area contributed by atoms with Gasteiger partial charge in [0.05, 0.1) is 0 Å². The molecule has 1 aliphatic rings. The Balaban J connectivity index is 2.06. The molecular weight excluding hydrogens is 284 g/mol. The Morgan fingerprint density at radius 3 is 2.95 bits per heavy atom. The quantitative estimate of drug-likeness (QED) is 0.804. The molecule has 0 unspecified atom stereocenters. The number of pyridine rings is 1. The van der Waals surface area contributed by atoms with E-state index >= 15 is 0 Å². The minimum Gasteiger partial charge on any atom is -0.384 e. The zero-order chi connectivity index (χ0) is 15.3. The van der Waals surface area contributed by atoms with Crippen molar-refractivity contribution in [3.8, 4) is 11.8 Å². The summed E-state index contributed by atoms with van der Waals surface area (Å²) in [5, 5.41) is 8.65. The number of carbonyl (C=O) groups excluding carboxylic acids is 1. The van der Waals surface area contributed by atoms with Gasteiger partial charge in [-0.3, -0.25) is 4.79 Å². The van der Waals surface area contributed by atoms with Crippen molar-refractivity contribution in [2.75, 3.05) is 25.4 Å². The Morgan fingerprint density at radius 2 is 2.29 bits per heavy atom. The molecular formula is C16H20N2O2S. The maximum Gasteiger partial charge on any atom is 0.272 e. The van der Waals surface area contributed by atoms with E-state index in [1.54, 1.807) is 18.3 Å². The van der Waals surface area contributed by atoms with Crippen LogP contribution in [0.3, 0.4) is 0 Å². The van der Waals surface area contributed by atoms with Crippen LogP contribution in [0.1, 0.15) is 36.3 Å². The molecule has 112 valence electrons. The third-order valence-electron chi connectivity index (χ3n) is 3.42. The molecule has 0 aliphatic carbocycles. The van der Waals surface area contributed by atoms with Crippen LogP contribution in [0.5, 0.6) is 0 Å². The van der Waals surface area contributed by atoms with Gasteiger partial charge in [-0.15, -0.1) is 0 Å². The van der Waals surface area contributed by atoms with Crippen LogP contribution in [0, 0.1) is 11.8 Å². The van der Waals surface area contributed by atoms with Crippen molar-refractivity contribution in [3.05, 3.63) is 29.6 Å². The summed E-state index contributed by atoms with van der Waals surface area (Å²) in [6, 6.07) is 3.46. The van der Waals surface area contributed by atoms with Gasteiger partial charge in [-0.2, -0.15) is 11.8 Å². The molecule has 1 aromatic rings. The van der Waals surface area contributed by atoms with Crippen molar-refractivity contribution in [1.29, 1.82) is 0 Å². The number of thioether (sulfide) groups is 1. The molecule has 1 fully saturated rings. The second kappa shape index (κ2) is 6.97. The molecule has 21 heavy (non-hydrogen) atoms. The topological polar surface area (TPSA) is 53.4 Å². The predicted molar refractivity (Wildman–Crippen MR) is 85.3 cm³/mol. The first-order valence-corrected chi connectivity index (χ1v) is 7.99. The van der Waals surface area contributed by atoms with Gasteiger partial charge in [-0.25, -0.2) is 4.98 Å². The maximum atomic E-state index is 12.5. The second-order valence-corrected chi connectivity index (χ2v) is 7.34. The van der Waals surface area contributed by atoms with Crippen LogP contribution in [0.2, 0.25) is 0 Å². The Morgan fingerprint density at radius 1 is 1.48 bits per heavy atom. The fourth-order valence-corrected chi connectivity index (χ4v) is 3.22. The average molecular weight is 304 g/mol. The molecule has 0 aromatic carbocycles. The fourth-order valence-electron chi connectivity index (χ4n) is 2.12. The van der Waals surface area contributed by atoms with Crippen molar-refractivity contribution in [1.82, 2.24) is 9.88 Å². The lowest BCUT2D eigenvalue weighted by Crippen LogP contribution is -2.34. The summed E-state index contributed by atoms with van der Waals surface area (Å²) in [5.74, 6) is 6.27. The van der Waals surface area contributed by atoms with Gasteiger partial charge in [-0.05, 0) is 18.6 Å². The van der Waals surface area contributed by atoms with Gasteiger partial charge in [0, 0.05) is 35.3 Å². The summed E-state index contributed by atoms with van der Waals surface area (Å²) in [6.45, 7) is 5.80. The van der Waals surface area contributed by atoms with Gasteiger partial charge in [0.1, 0.15) is 12.3 Å². The van der Waals surface area contributed by atoms with E-state index in [-0.39, 0.29) is 17.3 Å². The van der Waals surface area contributed by atoms with E-state index in [9.17, 15) is 4.79 Å². The average Bonchev–Trinajstić information content (AvgIpc) is 2.66. The number of aliphatic hydroxyl groups excluding tert-OH is 1. The van der Waals surface area contributed by atoms with Crippen LogP contribution in [0.25, 0.3) is 0 Å². The van der Waals surface area contributed by atoms with Crippen LogP contribution in [0.15, 0.2) is 18.3 Å². The molecule has 1 N–H and O–H groups in total. The first-order valence-electron chi connectivity index (χ1n) is 7.01. The van der Waals surface area contributed by atoms with E-state index in [2.05, 4.69) is 30.7 Å². The van der Waals surface area contributed by atoms with Crippen LogP contribution < -0.4 is 0 Å². The lowest BCUT2D eigenvalue weighted by molar-refractivity contribution is 0.0758. The standard InChI is InChI=1S/C16H20N2O2S/c1-16(2)7-8-18(9-11-21-16)15(20)14-6-5-13(12-17-14)4-3-10-19/h5-6,12,19H,7-11H2,1-2H3. The van der Waals surface area contributed by atoms with E-state index in [1.807, 2.05) is 16.7 Å². The summed E-state index contributed by atoms with van der Waals surface area (Å²) in [7, 11) is 0. The molecule has 0 spiro atoms. The van der Waals surface area contributed by atoms with E-state index in [1.165, 1.54) is 0 Å². The van der Waals surface area contributed by atoms with Crippen LogP contribution in [-0.4, -0.2) is 51.1 Å². The van der Waals surface area contributed by atoms with Gasteiger partial charge >= 0.3 is 0 Å². The summed E-state index contributed by atoms with van der Waals surface area (Å²) >= 11 is 1.91. The number of amides is 1. The minimum atomic E-state index is -0.179. The Hall–Kier alpha value is -1.51. The van der Waals surface area contributed by atoms with Crippen molar-refractivity contribution >= 4 is 17.7 Å². The molecule has 1 saturated heterocycles. The zero-order valence-electron chi connectivity index (χ0n) is 12.4. The molecule has 1 aliphatic heterocycles. The molecule has 1 aromatic heterocycles. The number of carbonyl (C=O) groups is 1. The zero-order valence-corrected chi connectivity index (χ0v) is 13.2. The summed E-state index contributed by atoms with van der Waals surface area (Å²) < 4.78 is 0.228. The molecule has 1 amide bonds. The smallest absolute Gasteiger partial charge is 0.272 e. The molecule has 2 rings (SSSR count). The third-order valence-corrected chi connectivity index (χ3v) is 4.79. The van der Waals surface area contributed by atoms with Gasteiger partial charge in [-0.1, -0.05) is 25.7 Å². The highest BCUT2D eigenvalue weighted by atomic mass is 32.2. The number of aliphatic hydroxyl groups is 1. The largest absolute Gasteiger partial charge is 0.384 e. The third kappa shape index (κ3) is 4.48. The first-order chi connectivity index (χ1) is 10.0. The number of nitrogens with zero attached hydrogens (tertiary/aromatic N) is 2. The highest BCUT2D eigenvalue weighted by Gasteiger charge is 2.26. The van der Waals surface area contributed by atoms with E-state index in [0.29, 0.717) is 11.3 Å². The molecule has 4 nitrogen and oxygen atoms in total. The Bertz CT molecular complexity index is 558. The number of hydrogen-bond donors (Lipinski definition) is 1. The highest BCUT2D eigenvalue weighted by molar-refractivity contribution is 8.00. The van der Waals surface area contributed by atoms with E-state index in [0.717, 1.165) is 25.3 Å². The Labute approximate surface area is 129 Å². The fraction of sp³-hybridized carbons (Fsp3) is 0.500. The lowest BCUT2D eigenvalue weighted by atomic mass is 10.1. The van der Waals surface area contributed by atoms with E-state index < -0.39 is 0 Å². The molecule has 0 radical (unpaired) electrons. The molecule has 5 heteroatoms. The van der Waals surface area contributed by atoms with Crippen molar-refractivity contribution < 1.29 is 9.90 Å². The normalized spacial score (nSPS) is 17.6. The van der Waals surface area contributed by atoms with Crippen LogP contribution >= 0.6 is 11.8 Å². The molecule has 0 bridgehead atoms. The highest BCUT2D eigenvalue weighted by Crippen LogP contribution is 2.30. The number of hydrogen-bond acceptors (Lipinski definition) is 4. The van der Waals surface area contributed by atoms with Crippen LogP contribution in [-0.2, 0) is 0 Å². The van der Waals surface area contributed by atoms with Gasteiger partial charge in [0.15, 0.2) is 0 Å². The first kappa shape index (κ1) is 15.9. The minimum absolute atomic E-state index is 0.0185. The van der Waals surface area contributed by atoms with Crippen molar-refractivity contribution in [3.63, 3.8) is 0 Å². The summed E-state index contributed by atoms with van der Waals surface area (Å²) in [5.41, 5.74) is 1.16. The second-order valence-electron chi connectivity index (χ2n) is 5.54. The lowest BCUT2D eigenvalue weighted by Gasteiger charge is -2.22. The van der Waals surface area contributed by atoms with Gasteiger partial charge in [0.2, 0.25) is 0 Å². The number of rotatable bonds is 1. The maximum absolute atomic E-state index is 12.5. The SMILES string of the molecule is CC1(C)CCN(C(=O)c2ccc(C#CCO)cn2)CCS1. The summed E-state index contributed by atoms with van der Waals surface area (Å²) in [4.78, 5) is 18.5. The predicted octanol–water partition coefficient (Wildman–Crippen LogP) is 1.78. The summed E-state index contributed by atoms with van der Waals surface area (Å²) in [6.07, 6.45) is 2.57. The monoisotopic (exact) mass is 304 g/mol. The molecule has 0 saturated carbocycles. The van der Waals surface area contributed by atoms with Crippen molar-refractivity contribution in [2.45, 2.75) is 25.0 Å². The Kier molecular flexibility index (Phi) is 5.27. The molecule has 0 atom stereocenters. The van der Waals surface area contributed by atoms with Crippen molar-refractivity contribution in [2.24, 2.45) is 0 Å². The van der Waals surface area contributed by atoms with Crippen LogP contribution in [0.4, 0.5) is 0 Å². The number of aromatic nitrogens is 1. The van der Waals surface area contributed by atoms with E-state index in [4.69, 9.17) is 5.11 Å².